The Morgan fingerprint density at radius 3 is 2.63 bits per heavy atom. The summed E-state index contributed by atoms with van der Waals surface area (Å²) < 4.78 is 0. The number of hydrogen-bond donors (Lipinski definition) is 1. The number of aromatic nitrogens is 1. The number of pyridine rings is 1. The molecule has 1 aromatic heterocycles. The molecule has 0 radical (unpaired) electrons. The van der Waals surface area contributed by atoms with Crippen LogP contribution in [0.2, 0.25) is 0 Å². The highest BCUT2D eigenvalue weighted by Crippen LogP contribution is 2.51. The molecule has 2 aromatic rings. The van der Waals surface area contributed by atoms with Gasteiger partial charge in [-0.3, -0.25) is 4.98 Å². The molecule has 2 atom stereocenters. The molecule has 2 unspecified atom stereocenters. The Kier molecular flexibility index (Phi) is 2.61. The van der Waals surface area contributed by atoms with Gasteiger partial charge in [0.1, 0.15) is 0 Å². The topological polar surface area (TPSA) is 33.1 Å². The molecule has 3 heteroatoms. The van der Waals surface area contributed by atoms with Crippen LogP contribution in [-0.2, 0) is 5.60 Å². The summed E-state index contributed by atoms with van der Waals surface area (Å²) >= 11 is 2.08. The van der Waals surface area contributed by atoms with Gasteiger partial charge < -0.3 is 5.11 Å². The average molecular weight is 271 g/mol. The third-order valence-electron chi connectivity index (χ3n) is 4.48. The molecule has 2 aliphatic rings. The van der Waals surface area contributed by atoms with Gasteiger partial charge in [0.2, 0.25) is 0 Å². The first-order valence-corrected chi connectivity index (χ1v) is 7.91. The maximum absolute atomic E-state index is 11.2. The molecule has 2 fully saturated rings. The Morgan fingerprint density at radius 2 is 1.84 bits per heavy atom. The van der Waals surface area contributed by atoms with Gasteiger partial charge >= 0.3 is 0 Å². The summed E-state index contributed by atoms with van der Waals surface area (Å²) in [5, 5.41) is 13.6. The van der Waals surface area contributed by atoms with E-state index in [1.165, 1.54) is 12.8 Å². The highest BCUT2D eigenvalue weighted by molar-refractivity contribution is 8.00. The van der Waals surface area contributed by atoms with Crippen molar-refractivity contribution in [2.75, 3.05) is 0 Å². The molecular formula is C16H17NOS. The number of hydrogen-bond acceptors (Lipinski definition) is 3. The monoisotopic (exact) mass is 271 g/mol. The molecule has 0 spiro atoms. The summed E-state index contributed by atoms with van der Waals surface area (Å²) in [5.41, 5.74) is 1.41. The van der Waals surface area contributed by atoms with Gasteiger partial charge in [-0.05, 0) is 43.4 Å². The number of benzene rings is 1. The van der Waals surface area contributed by atoms with E-state index in [0.717, 1.165) is 29.3 Å². The van der Waals surface area contributed by atoms with Crippen LogP contribution in [0.4, 0.5) is 0 Å². The first-order valence-electron chi connectivity index (χ1n) is 6.97. The van der Waals surface area contributed by atoms with Gasteiger partial charge in [-0.2, -0.15) is 11.8 Å². The molecule has 1 N–H and O–H groups in total. The van der Waals surface area contributed by atoms with Gasteiger partial charge in [0, 0.05) is 22.1 Å². The standard InChI is InChI=1S/C16H17NOS/c18-16(9-11-5-6-12(10-16)19-11)14-7-8-17-15-4-2-1-3-13(14)15/h1-4,7-8,11-12,18H,5-6,9-10H2. The number of fused-ring (bicyclic) bond motifs is 3. The molecule has 2 bridgehead atoms. The Balaban J connectivity index is 1.85. The predicted molar refractivity (Wildman–Crippen MR) is 79.3 cm³/mol. The highest BCUT2D eigenvalue weighted by Gasteiger charge is 2.44. The van der Waals surface area contributed by atoms with E-state index in [9.17, 15) is 5.11 Å². The predicted octanol–water partition coefficient (Wildman–Crippen LogP) is 3.48. The zero-order valence-electron chi connectivity index (χ0n) is 10.7. The minimum absolute atomic E-state index is 0.635. The van der Waals surface area contributed by atoms with Crippen LogP contribution in [0.1, 0.15) is 31.2 Å². The zero-order chi connectivity index (χ0) is 12.9. The lowest BCUT2D eigenvalue weighted by Gasteiger charge is -2.37. The number of para-hydroxylation sites is 1. The van der Waals surface area contributed by atoms with E-state index >= 15 is 0 Å². The van der Waals surface area contributed by atoms with Crippen LogP contribution in [0.3, 0.4) is 0 Å². The smallest absolute Gasteiger partial charge is 0.0924 e. The fourth-order valence-electron chi connectivity index (χ4n) is 3.64. The van der Waals surface area contributed by atoms with Crippen LogP contribution in [0.5, 0.6) is 0 Å². The lowest BCUT2D eigenvalue weighted by molar-refractivity contribution is 0.0210. The maximum atomic E-state index is 11.2. The van der Waals surface area contributed by atoms with Gasteiger partial charge in [-0.1, -0.05) is 18.2 Å². The Bertz CT molecular complexity index is 610. The molecule has 98 valence electrons. The second-order valence-electron chi connectivity index (χ2n) is 5.77. The molecule has 0 aliphatic carbocycles. The second kappa shape index (κ2) is 4.22. The van der Waals surface area contributed by atoms with Crippen LogP contribution in [0.15, 0.2) is 36.5 Å². The van der Waals surface area contributed by atoms with Crippen molar-refractivity contribution in [3.63, 3.8) is 0 Å². The molecule has 0 saturated carbocycles. The van der Waals surface area contributed by atoms with Crippen molar-refractivity contribution in [2.45, 2.75) is 41.8 Å². The SMILES string of the molecule is OC1(c2ccnc3ccccc23)CC2CCC(C1)S2. The van der Waals surface area contributed by atoms with Crippen molar-refractivity contribution in [3.05, 3.63) is 42.1 Å². The third-order valence-corrected chi connectivity index (χ3v) is 6.05. The molecule has 3 heterocycles. The van der Waals surface area contributed by atoms with E-state index in [1.54, 1.807) is 0 Å². The second-order valence-corrected chi connectivity index (χ2v) is 7.38. The van der Waals surface area contributed by atoms with Crippen LogP contribution in [0, 0.1) is 0 Å². The Morgan fingerprint density at radius 1 is 1.11 bits per heavy atom. The molecule has 2 aliphatic heterocycles. The number of aliphatic hydroxyl groups is 1. The van der Waals surface area contributed by atoms with E-state index in [2.05, 4.69) is 22.8 Å². The van der Waals surface area contributed by atoms with Crippen molar-refractivity contribution in [1.29, 1.82) is 0 Å². The van der Waals surface area contributed by atoms with Crippen molar-refractivity contribution in [2.24, 2.45) is 0 Å². The van der Waals surface area contributed by atoms with Gasteiger partial charge in [-0.25, -0.2) is 0 Å². The first kappa shape index (κ1) is 11.7. The quantitative estimate of drug-likeness (QED) is 0.862. The Labute approximate surface area is 117 Å². The fraction of sp³-hybridized carbons (Fsp3) is 0.438. The van der Waals surface area contributed by atoms with Crippen molar-refractivity contribution in [3.8, 4) is 0 Å². The van der Waals surface area contributed by atoms with E-state index in [1.807, 2.05) is 30.5 Å². The molecular weight excluding hydrogens is 254 g/mol. The van der Waals surface area contributed by atoms with Gasteiger partial charge in [-0.15, -0.1) is 0 Å². The summed E-state index contributed by atoms with van der Waals surface area (Å²) in [4.78, 5) is 4.41. The van der Waals surface area contributed by atoms with Gasteiger partial charge in [0.05, 0.1) is 11.1 Å². The summed E-state index contributed by atoms with van der Waals surface area (Å²) in [6.07, 6.45) is 6.14. The molecule has 4 rings (SSSR count). The van der Waals surface area contributed by atoms with Crippen LogP contribution >= 0.6 is 11.8 Å². The summed E-state index contributed by atoms with van der Waals surface area (Å²) in [5.74, 6) is 0. The highest BCUT2D eigenvalue weighted by atomic mass is 32.2. The van der Waals surface area contributed by atoms with Crippen molar-refractivity contribution < 1.29 is 5.11 Å². The lowest BCUT2D eigenvalue weighted by atomic mass is 9.84. The molecule has 19 heavy (non-hydrogen) atoms. The number of thioether (sulfide) groups is 1. The summed E-state index contributed by atoms with van der Waals surface area (Å²) in [6.45, 7) is 0. The molecule has 2 saturated heterocycles. The fourth-order valence-corrected chi connectivity index (χ4v) is 5.47. The minimum atomic E-state index is -0.653. The normalized spacial score (nSPS) is 33.7. The summed E-state index contributed by atoms with van der Waals surface area (Å²) in [7, 11) is 0. The van der Waals surface area contributed by atoms with Gasteiger partial charge in [0.15, 0.2) is 0 Å². The molecule has 2 nitrogen and oxygen atoms in total. The summed E-state index contributed by atoms with van der Waals surface area (Å²) in [6, 6.07) is 10.2. The Hall–Kier alpha value is -1.06. The first-order chi connectivity index (χ1) is 9.24. The van der Waals surface area contributed by atoms with E-state index in [0.29, 0.717) is 10.5 Å². The molecule has 0 amide bonds. The molecule has 1 aromatic carbocycles. The largest absolute Gasteiger partial charge is 0.385 e. The maximum Gasteiger partial charge on any atom is 0.0924 e. The number of nitrogens with zero attached hydrogens (tertiary/aromatic N) is 1. The zero-order valence-corrected chi connectivity index (χ0v) is 11.6. The van der Waals surface area contributed by atoms with Crippen LogP contribution in [0.25, 0.3) is 10.9 Å². The van der Waals surface area contributed by atoms with Crippen molar-refractivity contribution in [1.82, 2.24) is 4.98 Å². The van der Waals surface area contributed by atoms with Crippen molar-refractivity contribution >= 4 is 22.7 Å². The van der Waals surface area contributed by atoms with Gasteiger partial charge in [0.25, 0.3) is 0 Å². The minimum Gasteiger partial charge on any atom is -0.385 e. The van der Waals surface area contributed by atoms with E-state index in [-0.39, 0.29) is 0 Å². The van der Waals surface area contributed by atoms with E-state index < -0.39 is 5.60 Å². The average Bonchev–Trinajstić information content (AvgIpc) is 2.78. The third kappa shape index (κ3) is 1.87. The lowest BCUT2D eigenvalue weighted by Crippen LogP contribution is -2.34. The van der Waals surface area contributed by atoms with Crippen LogP contribution < -0.4 is 0 Å². The number of rotatable bonds is 1. The van der Waals surface area contributed by atoms with E-state index in [4.69, 9.17) is 0 Å². The van der Waals surface area contributed by atoms with Crippen LogP contribution in [-0.4, -0.2) is 20.6 Å².